The van der Waals surface area contributed by atoms with Crippen LogP contribution in [0.5, 0.6) is 5.75 Å². The van der Waals surface area contributed by atoms with Gasteiger partial charge in [-0.3, -0.25) is 0 Å². The Morgan fingerprint density at radius 3 is 2.68 bits per heavy atom. The van der Waals surface area contributed by atoms with E-state index in [9.17, 15) is 22.3 Å². The summed E-state index contributed by atoms with van der Waals surface area (Å²) in [5, 5.41) is 9.84. The smallest absolute Gasteiger partial charge is 0.267 e. The van der Waals surface area contributed by atoms with Crippen molar-refractivity contribution in [2.24, 2.45) is 0 Å². The number of nitrogens with zero attached hydrogens (tertiary/aromatic N) is 1. The van der Waals surface area contributed by atoms with Crippen LogP contribution in [-0.2, 0) is 9.84 Å². The minimum Gasteiger partial charge on any atom is -0.485 e. The second-order valence-corrected chi connectivity index (χ2v) is 7.61. The highest BCUT2D eigenvalue weighted by Gasteiger charge is 2.52. The summed E-state index contributed by atoms with van der Waals surface area (Å²) >= 11 is 0. The molecule has 0 amide bonds. The van der Waals surface area contributed by atoms with Gasteiger partial charge in [-0.1, -0.05) is 0 Å². The number of hydrogen-bond donors (Lipinski definition) is 1. The van der Waals surface area contributed by atoms with E-state index in [0.717, 1.165) is 0 Å². The summed E-state index contributed by atoms with van der Waals surface area (Å²) in [5.41, 5.74) is -1.52. The summed E-state index contributed by atoms with van der Waals surface area (Å²) in [6.45, 7) is 7.04. The molecule has 2 aliphatic rings. The van der Waals surface area contributed by atoms with Crippen LogP contribution in [0.1, 0.15) is 36.5 Å². The Bertz CT molecular complexity index is 766. The maximum Gasteiger partial charge on any atom is 0.267 e. The van der Waals surface area contributed by atoms with Crippen molar-refractivity contribution in [1.29, 1.82) is 0 Å². The van der Waals surface area contributed by atoms with Gasteiger partial charge in [0.05, 0.1) is 22.3 Å². The lowest BCUT2D eigenvalue weighted by atomic mass is 10.0. The van der Waals surface area contributed by atoms with Gasteiger partial charge in [0.2, 0.25) is 0 Å². The molecule has 22 heavy (non-hydrogen) atoms. The van der Waals surface area contributed by atoms with Gasteiger partial charge in [0.25, 0.3) is 12.0 Å². The van der Waals surface area contributed by atoms with Crippen molar-refractivity contribution in [1.82, 2.24) is 0 Å². The number of halogens is 2. The number of ether oxygens (including phenoxy) is 1. The Kier molecular flexibility index (Phi) is 3.38. The normalized spacial score (nSPS) is 23.9. The molecule has 0 aromatic heterocycles. The first-order valence-corrected chi connectivity index (χ1v) is 8.32. The molecule has 118 valence electrons. The highest BCUT2D eigenvalue weighted by Crippen LogP contribution is 2.45. The van der Waals surface area contributed by atoms with E-state index in [0.29, 0.717) is 12.8 Å². The fourth-order valence-electron chi connectivity index (χ4n) is 2.59. The van der Waals surface area contributed by atoms with Crippen LogP contribution < -0.4 is 4.74 Å². The maximum atomic E-state index is 13.4. The van der Waals surface area contributed by atoms with Crippen LogP contribution in [0.2, 0.25) is 0 Å². The third kappa shape index (κ3) is 2.34. The molecule has 5 nitrogen and oxygen atoms in total. The fraction of sp³-hybridized carbons (Fsp3) is 0.500. The van der Waals surface area contributed by atoms with Gasteiger partial charge in [-0.25, -0.2) is 23.8 Å². The first-order valence-electron chi connectivity index (χ1n) is 6.67. The van der Waals surface area contributed by atoms with Gasteiger partial charge in [0.15, 0.2) is 16.4 Å². The molecule has 1 aliphatic heterocycles. The average Bonchev–Trinajstić information content (AvgIpc) is 3.19. The molecule has 1 N–H and O–H groups in total. The zero-order valence-electron chi connectivity index (χ0n) is 11.4. The summed E-state index contributed by atoms with van der Waals surface area (Å²) in [6.07, 6.45) is -3.15. The van der Waals surface area contributed by atoms with E-state index in [1.807, 2.05) is 0 Å². The molecular weight excluding hydrogens is 316 g/mol. The molecule has 0 bridgehead atoms. The van der Waals surface area contributed by atoms with Crippen molar-refractivity contribution in [2.75, 3.05) is 12.4 Å². The van der Waals surface area contributed by atoms with Crippen molar-refractivity contribution in [3.05, 3.63) is 34.7 Å². The summed E-state index contributed by atoms with van der Waals surface area (Å²) in [5.74, 6) is -0.767. The van der Waals surface area contributed by atoms with E-state index in [1.54, 1.807) is 0 Å². The predicted octanol–water partition coefficient (Wildman–Crippen LogP) is 2.28. The van der Waals surface area contributed by atoms with Gasteiger partial charge in [-0.15, -0.1) is 0 Å². The van der Waals surface area contributed by atoms with Crippen LogP contribution in [0, 0.1) is 6.57 Å². The molecule has 3 rings (SSSR count). The molecular formula is C14H13F2NO4S. The van der Waals surface area contributed by atoms with Gasteiger partial charge >= 0.3 is 0 Å². The van der Waals surface area contributed by atoms with Crippen molar-refractivity contribution in [2.45, 2.75) is 35.8 Å². The van der Waals surface area contributed by atoms with Gasteiger partial charge in [0.1, 0.15) is 5.75 Å². The summed E-state index contributed by atoms with van der Waals surface area (Å²) < 4.78 is 55.8. The third-order valence-corrected chi connectivity index (χ3v) is 5.81. The lowest BCUT2D eigenvalue weighted by molar-refractivity contribution is 0.134. The van der Waals surface area contributed by atoms with E-state index < -0.39 is 39.2 Å². The SMILES string of the molecule is [C-]#[N+]C1(COc2ccc3c(c2C(F)F)C(O)CS3(=O)=O)CC1. The molecule has 1 unspecified atom stereocenters. The molecule has 1 atom stereocenters. The number of sulfone groups is 1. The molecule has 1 fully saturated rings. The maximum absolute atomic E-state index is 13.4. The average molecular weight is 329 g/mol. The lowest BCUT2D eigenvalue weighted by Gasteiger charge is -2.16. The van der Waals surface area contributed by atoms with E-state index in [1.165, 1.54) is 12.1 Å². The summed E-state index contributed by atoms with van der Waals surface area (Å²) in [7, 11) is -3.75. The summed E-state index contributed by atoms with van der Waals surface area (Å²) in [6, 6.07) is 2.36. The number of alkyl halides is 2. The Labute approximate surface area is 126 Å². The lowest BCUT2D eigenvalue weighted by Crippen LogP contribution is -2.16. The van der Waals surface area contributed by atoms with Crippen LogP contribution in [-0.4, -0.2) is 31.4 Å². The number of rotatable bonds is 4. The molecule has 0 spiro atoms. The quantitative estimate of drug-likeness (QED) is 0.861. The minimum absolute atomic E-state index is 0.0160. The molecule has 1 saturated carbocycles. The first-order chi connectivity index (χ1) is 10.3. The highest BCUT2D eigenvalue weighted by molar-refractivity contribution is 7.91. The van der Waals surface area contributed by atoms with E-state index >= 15 is 0 Å². The van der Waals surface area contributed by atoms with Gasteiger partial charge in [-0.2, -0.15) is 0 Å². The number of aliphatic hydroxyl groups is 1. The van der Waals surface area contributed by atoms with Crippen LogP contribution in [0.3, 0.4) is 0 Å². The third-order valence-electron chi connectivity index (χ3n) is 4.03. The first kappa shape index (κ1) is 15.2. The molecule has 1 aromatic carbocycles. The minimum atomic E-state index is -3.75. The second kappa shape index (κ2) is 4.89. The van der Waals surface area contributed by atoms with Gasteiger partial charge in [0, 0.05) is 18.4 Å². The van der Waals surface area contributed by atoms with Gasteiger partial charge < -0.3 is 14.7 Å². The second-order valence-electron chi connectivity index (χ2n) is 5.61. The molecule has 1 heterocycles. The standard InChI is InChI=1S/C14H13F2NO4S/c1-17-14(4-5-14)7-21-9-2-3-10-11(12(9)13(15)16)8(18)6-22(10,19)20/h2-3,8,13,18H,4-7H2. The highest BCUT2D eigenvalue weighted by atomic mass is 32.2. The molecule has 1 aromatic rings. The molecule has 8 heteroatoms. The fourth-order valence-corrected chi connectivity index (χ4v) is 4.21. The zero-order chi connectivity index (χ0) is 16.1. The Morgan fingerprint density at radius 1 is 1.45 bits per heavy atom. The number of aliphatic hydroxyl groups excluding tert-OH is 1. The molecule has 1 aliphatic carbocycles. The van der Waals surface area contributed by atoms with Crippen molar-refractivity contribution >= 4 is 9.84 Å². The topological polar surface area (TPSA) is 68.0 Å². The predicted molar refractivity (Wildman–Crippen MR) is 72.5 cm³/mol. The van der Waals surface area contributed by atoms with E-state index in [4.69, 9.17) is 11.3 Å². The Hall–Kier alpha value is -1.72. The molecule has 0 saturated heterocycles. The van der Waals surface area contributed by atoms with Crippen LogP contribution in [0.15, 0.2) is 17.0 Å². The monoisotopic (exact) mass is 329 g/mol. The van der Waals surface area contributed by atoms with Crippen LogP contribution >= 0.6 is 0 Å². The number of fused-ring (bicyclic) bond motifs is 1. The number of hydrogen-bond acceptors (Lipinski definition) is 4. The Morgan fingerprint density at radius 2 is 2.14 bits per heavy atom. The largest absolute Gasteiger partial charge is 0.485 e. The summed E-state index contributed by atoms with van der Waals surface area (Å²) in [4.78, 5) is 3.15. The van der Waals surface area contributed by atoms with Crippen molar-refractivity contribution in [3.8, 4) is 5.75 Å². The van der Waals surface area contributed by atoms with E-state index in [2.05, 4.69) is 4.85 Å². The van der Waals surface area contributed by atoms with Crippen molar-refractivity contribution < 1.29 is 27.0 Å². The van der Waals surface area contributed by atoms with Crippen molar-refractivity contribution in [3.63, 3.8) is 0 Å². The van der Waals surface area contributed by atoms with Crippen LogP contribution in [0.25, 0.3) is 4.85 Å². The Balaban J connectivity index is 2.02. The molecule has 0 radical (unpaired) electrons. The van der Waals surface area contributed by atoms with Gasteiger partial charge in [-0.05, 0) is 12.1 Å². The number of benzene rings is 1. The van der Waals surface area contributed by atoms with E-state index in [-0.39, 0.29) is 22.8 Å². The zero-order valence-corrected chi connectivity index (χ0v) is 12.2. The van der Waals surface area contributed by atoms with Crippen LogP contribution in [0.4, 0.5) is 8.78 Å².